The Morgan fingerprint density at radius 1 is 1.11 bits per heavy atom. The van der Waals surface area contributed by atoms with Crippen molar-refractivity contribution in [2.45, 2.75) is 38.9 Å². The Kier molecular flexibility index (Phi) is 8.83. The van der Waals surface area contributed by atoms with Crippen LogP contribution in [0.1, 0.15) is 48.8 Å². The molecule has 0 radical (unpaired) electrons. The summed E-state index contributed by atoms with van der Waals surface area (Å²) >= 11 is 0. The second-order valence-electron chi connectivity index (χ2n) is 8.33. The first-order valence-corrected chi connectivity index (χ1v) is 10.7. The van der Waals surface area contributed by atoms with Crippen LogP contribution >= 0.6 is 0 Å². The minimum atomic E-state index is -4.58. The van der Waals surface area contributed by atoms with Gasteiger partial charge in [0.05, 0.1) is 18.2 Å². The summed E-state index contributed by atoms with van der Waals surface area (Å²) in [4.78, 5) is 38.4. The molecule has 192 valence electrons. The fraction of sp³-hybridized carbons (Fsp3) is 0.455. The summed E-state index contributed by atoms with van der Waals surface area (Å²) in [7, 11) is 3.20. The van der Waals surface area contributed by atoms with E-state index in [-0.39, 0.29) is 23.0 Å². The first kappa shape index (κ1) is 27.6. The fourth-order valence-corrected chi connectivity index (χ4v) is 3.24. The maximum atomic E-state index is 14.8. The number of amides is 3. The molecule has 1 heterocycles. The van der Waals surface area contributed by atoms with Crippen LogP contribution < -0.4 is 20.9 Å². The lowest BCUT2D eigenvalue weighted by molar-refractivity contribution is -0.139. The third-order valence-electron chi connectivity index (χ3n) is 5.00. The number of hydrogen-bond acceptors (Lipinski definition) is 5. The Bertz CT molecular complexity index is 1080. The number of nitrogens with one attached hydrogen (secondary N) is 3. The van der Waals surface area contributed by atoms with E-state index < -0.39 is 48.7 Å². The van der Waals surface area contributed by atoms with Crippen LogP contribution in [-0.2, 0) is 9.59 Å². The molecular formula is C22H28F4N6O3. The molecule has 1 unspecified atom stereocenters. The van der Waals surface area contributed by atoms with Crippen LogP contribution in [0.2, 0.25) is 0 Å². The van der Waals surface area contributed by atoms with Crippen LogP contribution in [0.4, 0.5) is 28.9 Å². The van der Waals surface area contributed by atoms with Crippen molar-refractivity contribution in [2.24, 2.45) is 0 Å². The van der Waals surface area contributed by atoms with Crippen LogP contribution in [0.15, 0.2) is 24.4 Å². The van der Waals surface area contributed by atoms with E-state index in [4.69, 9.17) is 0 Å². The summed E-state index contributed by atoms with van der Waals surface area (Å²) < 4.78 is 53.5. The van der Waals surface area contributed by atoms with E-state index in [1.807, 2.05) is 13.8 Å². The van der Waals surface area contributed by atoms with Crippen molar-refractivity contribution in [1.82, 2.24) is 20.4 Å². The highest BCUT2D eigenvalue weighted by Gasteiger charge is 2.30. The molecule has 13 heteroatoms. The van der Waals surface area contributed by atoms with E-state index in [9.17, 15) is 31.9 Å². The number of anilines is 2. The number of rotatable bonds is 9. The molecule has 0 fully saturated rings. The zero-order valence-corrected chi connectivity index (χ0v) is 20.0. The van der Waals surface area contributed by atoms with Gasteiger partial charge >= 0.3 is 6.18 Å². The molecule has 1 aromatic carbocycles. The maximum Gasteiger partial charge on any atom is 0.405 e. The number of halogens is 4. The van der Waals surface area contributed by atoms with E-state index in [0.29, 0.717) is 5.69 Å². The Morgan fingerprint density at radius 2 is 1.77 bits per heavy atom. The second-order valence-corrected chi connectivity index (χ2v) is 8.33. The smallest absolute Gasteiger partial charge is 0.377 e. The summed E-state index contributed by atoms with van der Waals surface area (Å²) in [5.74, 6) is -4.15. The van der Waals surface area contributed by atoms with E-state index in [0.717, 1.165) is 6.07 Å². The number of aromatic nitrogens is 2. The molecule has 2 rings (SSSR count). The van der Waals surface area contributed by atoms with Gasteiger partial charge in [-0.15, -0.1) is 0 Å². The molecule has 0 spiro atoms. The topological polar surface area (TPSA) is 108 Å². The van der Waals surface area contributed by atoms with Gasteiger partial charge in [-0.2, -0.15) is 18.3 Å². The van der Waals surface area contributed by atoms with Crippen LogP contribution in [0.5, 0.6) is 0 Å². The average molecular weight is 500 g/mol. The predicted octanol–water partition coefficient (Wildman–Crippen LogP) is 2.82. The summed E-state index contributed by atoms with van der Waals surface area (Å²) in [6.45, 7) is 3.08. The molecule has 0 saturated heterocycles. The highest BCUT2D eigenvalue weighted by molar-refractivity contribution is 5.99. The third-order valence-corrected chi connectivity index (χ3v) is 5.00. The summed E-state index contributed by atoms with van der Waals surface area (Å²) in [6.07, 6.45) is -3.12. The summed E-state index contributed by atoms with van der Waals surface area (Å²) in [5, 5.41) is 10.6. The number of benzene rings is 1. The highest BCUT2D eigenvalue weighted by Crippen LogP contribution is 2.32. The molecule has 0 aliphatic carbocycles. The minimum absolute atomic E-state index is 0.0745. The van der Waals surface area contributed by atoms with E-state index in [2.05, 4.69) is 15.7 Å². The van der Waals surface area contributed by atoms with Crippen LogP contribution in [0, 0.1) is 5.82 Å². The van der Waals surface area contributed by atoms with Crippen LogP contribution in [-0.4, -0.2) is 60.9 Å². The van der Waals surface area contributed by atoms with Gasteiger partial charge in [0.25, 0.3) is 5.91 Å². The zero-order valence-electron chi connectivity index (χ0n) is 20.0. The Labute approximate surface area is 199 Å². The van der Waals surface area contributed by atoms with Gasteiger partial charge in [-0.3, -0.25) is 19.1 Å². The van der Waals surface area contributed by atoms with Crippen molar-refractivity contribution >= 4 is 29.1 Å². The van der Waals surface area contributed by atoms with Gasteiger partial charge in [-0.25, -0.2) is 4.39 Å². The Morgan fingerprint density at radius 3 is 2.34 bits per heavy atom. The molecule has 35 heavy (non-hydrogen) atoms. The molecule has 0 saturated carbocycles. The molecule has 0 aliphatic rings. The lowest BCUT2D eigenvalue weighted by Crippen LogP contribution is -2.36. The van der Waals surface area contributed by atoms with E-state index >= 15 is 0 Å². The van der Waals surface area contributed by atoms with Gasteiger partial charge in [0.2, 0.25) is 11.8 Å². The van der Waals surface area contributed by atoms with Crippen molar-refractivity contribution in [1.29, 1.82) is 0 Å². The fourth-order valence-electron chi connectivity index (χ4n) is 3.24. The largest absolute Gasteiger partial charge is 0.405 e. The van der Waals surface area contributed by atoms with Crippen LogP contribution in [0.25, 0.3) is 0 Å². The van der Waals surface area contributed by atoms with Gasteiger partial charge < -0.3 is 20.9 Å². The lowest BCUT2D eigenvalue weighted by Gasteiger charge is -2.23. The summed E-state index contributed by atoms with van der Waals surface area (Å²) in [6, 6.07) is 3.68. The highest BCUT2D eigenvalue weighted by atomic mass is 19.4. The monoisotopic (exact) mass is 500 g/mol. The number of nitrogens with zero attached hydrogens (tertiary/aromatic N) is 3. The predicted molar refractivity (Wildman–Crippen MR) is 122 cm³/mol. The normalized spacial score (nSPS) is 12.3. The van der Waals surface area contributed by atoms with Crippen molar-refractivity contribution in [2.75, 3.05) is 37.4 Å². The first-order valence-electron chi connectivity index (χ1n) is 10.7. The number of carbonyl (C=O) groups is 3. The SMILES string of the molecule is CC(C(=O)NCC(F)(F)F)c1cc(F)c(NC(=O)CNC(=O)c2ccnn2C(C)C)cc1N(C)C. The van der Waals surface area contributed by atoms with Gasteiger partial charge in [-0.05, 0) is 44.5 Å². The molecule has 3 amide bonds. The molecule has 2 aromatic rings. The van der Waals surface area contributed by atoms with Crippen molar-refractivity contribution in [3.8, 4) is 0 Å². The van der Waals surface area contributed by atoms with Gasteiger partial charge in [-0.1, -0.05) is 0 Å². The second kappa shape index (κ2) is 11.2. The van der Waals surface area contributed by atoms with Crippen LogP contribution in [0.3, 0.4) is 0 Å². The molecule has 9 nitrogen and oxygen atoms in total. The molecule has 3 N–H and O–H groups in total. The molecule has 0 bridgehead atoms. The van der Waals surface area contributed by atoms with Gasteiger partial charge in [0.1, 0.15) is 18.1 Å². The quantitative estimate of drug-likeness (QED) is 0.459. The van der Waals surface area contributed by atoms with Crippen molar-refractivity contribution in [3.63, 3.8) is 0 Å². The zero-order chi connectivity index (χ0) is 26.5. The molecular weight excluding hydrogens is 472 g/mol. The van der Waals surface area contributed by atoms with Gasteiger partial charge in [0, 0.05) is 32.0 Å². The third kappa shape index (κ3) is 7.42. The van der Waals surface area contributed by atoms with E-state index in [1.54, 1.807) is 19.4 Å². The minimum Gasteiger partial charge on any atom is -0.377 e. The first-order chi connectivity index (χ1) is 16.2. The van der Waals surface area contributed by atoms with Gasteiger partial charge in [0.15, 0.2) is 0 Å². The Hall–Kier alpha value is -3.64. The number of alkyl halides is 3. The molecule has 1 atom stereocenters. The lowest BCUT2D eigenvalue weighted by atomic mass is 9.96. The number of carbonyl (C=O) groups excluding carboxylic acids is 3. The average Bonchev–Trinajstić information content (AvgIpc) is 3.26. The summed E-state index contributed by atoms with van der Waals surface area (Å²) in [5.41, 5.74) is 0.504. The maximum absolute atomic E-state index is 14.8. The van der Waals surface area contributed by atoms with Crippen molar-refractivity contribution < 1.29 is 31.9 Å². The molecule has 1 aromatic heterocycles. The number of hydrogen-bond donors (Lipinski definition) is 3. The van der Waals surface area contributed by atoms with Crippen molar-refractivity contribution in [3.05, 3.63) is 41.5 Å². The van der Waals surface area contributed by atoms with E-state index in [1.165, 1.54) is 34.8 Å². The Balaban J connectivity index is 2.13. The standard InChI is InChI=1S/C22H28F4N6O3/c1-12(2)32-17(6-7-29-32)21(35)27-10-19(33)30-16-9-18(31(4)5)14(8-15(16)23)13(3)20(34)28-11-22(24,25)26/h6-9,12-13H,10-11H2,1-5H3,(H,27,35)(H,28,34)(H,30,33). The molecule has 0 aliphatic heterocycles.